The summed E-state index contributed by atoms with van der Waals surface area (Å²) in [6.45, 7) is 2.98. The maximum atomic E-state index is 12.4. The summed E-state index contributed by atoms with van der Waals surface area (Å²) in [7, 11) is 0. The van der Waals surface area contributed by atoms with E-state index in [0.29, 0.717) is 23.4 Å². The third-order valence-electron chi connectivity index (χ3n) is 4.59. The van der Waals surface area contributed by atoms with Gasteiger partial charge in [-0.3, -0.25) is 14.4 Å². The van der Waals surface area contributed by atoms with Gasteiger partial charge in [-0.05, 0) is 37.6 Å². The predicted octanol–water partition coefficient (Wildman–Crippen LogP) is 1.82. The van der Waals surface area contributed by atoms with Crippen molar-refractivity contribution in [2.45, 2.75) is 37.6 Å². The number of ether oxygens (including phenoxy) is 1. The number of Topliss-reactive ketones (excluding diaryl/α,β-unsaturated/α-hetero) is 1. The Labute approximate surface area is 155 Å². The number of fused-ring (bicyclic) bond motifs is 1. The van der Waals surface area contributed by atoms with Crippen molar-refractivity contribution in [3.05, 3.63) is 29.8 Å². The second-order valence-electron chi connectivity index (χ2n) is 6.55. The SMILES string of the molecule is CC(=O)Nc1ccc(C(=O)COC(=O)[C@@H]2CS[C@]3(C)CCC(=O)N23)cc1. The van der Waals surface area contributed by atoms with Crippen LogP contribution in [0.4, 0.5) is 5.69 Å². The zero-order chi connectivity index (χ0) is 18.9. The molecule has 1 aromatic carbocycles. The number of rotatable bonds is 5. The summed E-state index contributed by atoms with van der Waals surface area (Å²) in [4.78, 5) is 48.9. The molecule has 1 N–H and O–H groups in total. The topological polar surface area (TPSA) is 92.8 Å². The van der Waals surface area contributed by atoms with Gasteiger partial charge in [-0.25, -0.2) is 4.79 Å². The first-order valence-electron chi connectivity index (χ1n) is 8.34. The molecule has 2 aliphatic rings. The van der Waals surface area contributed by atoms with Gasteiger partial charge in [0.2, 0.25) is 11.8 Å². The van der Waals surface area contributed by atoms with Crippen LogP contribution in [0, 0.1) is 0 Å². The third-order valence-corrected chi connectivity index (χ3v) is 6.09. The maximum Gasteiger partial charge on any atom is 0.330 e. The van der Waals surface area contributed by atoms with Gasteiger partial charge >= 0.3 is 5.97 Å². The van der Waals surface area contributed by atoms with Crippen molar-refractivity contribution in [3.8, 4) is 0 Å². The van der Waals surface area contributed by atoms with Crippen LogP contribution in [0.5, 0.6) is 0 Å². The van der Waals surface area contributed by atoms with Gasteiger partial charge in [-0.1, -0.05) is 0 Å². The van der Waals surface area contributed by atoms with Gasteiger partial charge in [0, 0.05) is 30.3 Å². The summed E-state index contributed by atoms with van der Waals surface area (Å²) in [5, 5.41) is 2.61. The third kappa shape index (κ3) is 3.60. The van der Waals surface area contributed by atoms with Crippen molar-refractivity contribution < 1.29 is 23.9 Å². The minimum Gasteiger partial charge on any atom is -0.456 e. The molecule has 2 atom stereocenters. The van der Waals surface area contributed by atoms with Crippen LogP contribution < -0.4 is 5.32 Å². The lowest BCUT2D eigenvalue weighted by atomic mass is 10.1. The second kappa shape index (κ2) is 7.11. The highest BCUT2D eigenvalue weighted by atomic mass is 32.2. The van der Waals surface area contributed by atoms with Crippen molar-refractivity contribution in [1.29, 1.82) is 0 Å². The lowest BCUT2D eigenvalue weighted by molar-refractivity contribution is -0.152. The minimum atomic E-state index is -0.630. The van der Waals surface area contributed by atoms with E-state index in [-0.39, 0.29) is 29.1 Å². The summed E-state index contributed by atoms with van der Waals surface area (Å²) < 4.78 is 5.17. The highest BCUT2D eigenvalue weighted by molar-refractivity contribution is 8.01. The smallest absolute Gasteiger partial charge is 0.330 e. The number of ketones is 1. The van der Waals surface area contributed by atoms with Gasteiger partial charge in [0.25, 0.3) is 0 Å². The van der Waals surface area contributed by atoms with E-state index in [4.69, 9.17) is 4.74 Å². The Hall–Kier alpha value is -2.35. The average Bonchev–Trinajstić information content (AvgIpc) is 3.09. The number of amides is 2. The normalized spacial score (nSPS) is 24.3. The number of carbonyl (C=O) groups is 4. The number of benzene rings is 1. The number of thioether (sulfide) groups is 1. The molecule has 0 radical (unpaired) electrons. The molecule has 2 fully saturated rings. The second-order valence-corrected chi connectivity index (χ2v) is 8.06. The molecule has 2 aliphatic heterocycles. The van der Waals surface area contributed by atoms with Crippen molar-refractivity contribution in [2.75, 3.05) is 17.7 Å². The molecule has 2 saturated heterocycles. The Balaban J connectivity index is 1.57. The Morgan fingerprint density at radius 1 is 1.31 bits per heavy atom. The van der Waals surface area contributed by atoms with E-state index in [9.17, 15) is 19.2 Å². The van der Waals surface area contributed by atoms with E-state index in [2.05, 4.69) is 5.32 Å². The minimum absolute atomic E-state index is 0.0423. The van der Waals surface area contributed by atoms with Crippen LogP contribution >= 0.6 is 11.8 Å². The van der Waals surface area contributed by atoms with Crippen molar-refractivity contribution in [2.24, 2.45) is 0 Å². The first kappa shape index (κ1) is 18.4. The molecule has 0 spiro atoms. The molecule has 0 unspecified atom stereocenters. The van der Waals surface area contributed by atoms with Gasteiger partial charge in [-0.15, -0.1) is 11.8 Å². The van der Waals surface area contributed by atoms with Crippen molar-refractivity contribution in [3.63, 3.8) is 0 Å². The van der Waals surface area contributed by atoms with Crippen LogP contribution in [-0.4, -0.2) is 51.7 Å². The molecule has 8 heteroatoms. The van der Waals surface area contributed by atoms with E-state index >= 15 is 0 Å². The number of esters is 1. The summed E-state index contributed by atoms with van der Waals surface area (Å²) in [6, 6.07) is 5.72. The van der Waals surface area contributed by atoms with E-state index in [0.717, 1.165) is 6.42 Å². The van der Waals surface area contributed by atoms with Crippen LogP contribution in [0.25, 0.3) is 0 Å². The van der Waals surface area contributed by atoms with Crippen LogP contribution in [-0.2, 0) is 19.1 Å². The molecule has 0 aliphatic carbocycles. The molecule has 2 heterocycles. The number of anilines is 1. The number of hydrogen-bond acceptors (Lipinski definition) is 6. The summed E-state index contributed by atoms with van der Waals surface area (Å²) >= 11 is 1.58. The summed E-state index contributed by atoms with van der Waals surface area (Å²) in [6.07, 6.45) is 1.16. The molecule has 0 saturated carbocycles. The first-order chi connectivity index (χ1) is 12.3. The average molecular weight is 376 g/mol. The van der Waals surface area contributed by atoms with E-state index in [1.807, 2.05) is 6.92 Å². The van der Waals surface area contributed by atoms with Crippen molar-refractivity contribution in [1.82, 2.24) is 4.90 Å². The molecular weight excluding hydrogens is 356 g/mol. The van der Waals surface area contributed by atoms with E-state index in [1.54, 1.807) is 40.9 Å². The number of carbonyl (C=O) groups excluding carboxylic acids is 4. The van der Waals surface area contributed by atoms with E-state index in [1.165, 1.54) is 6.92 Å². The lowest BCUT2D eigenvalue weighted by Gasteiger charge is -2.29. The molecule has 3 rings (SSSR count). The van der Waals surface area contributed by atoms with Crippen LogP contribution in [0.15, 0.2) is 24.3 Å². The molecule has 0 bridgehead atoms. The van der Waals surface area contributed by atoms with Gasteiger partial charge in [0.05, 0.1) is 4.87 Å². The fourth-order valence-electron chi connectivity index (χ4n) is 3.25. The highest BCUT2D eigenvalue weighted by Crippen LogP contribution is 2.47. The largest absolute Gasteiger partial charge is 0.456 e. The molecule has 26 heavy (non-hydrogen) atoms. The quantitative estimate of drug-likeness (QED) is 0.622. The first-order valence-corrected chi connectivity index (χ1v) is 9.32. The number of hydrogen-bond donors (Lipinski definition) is 1. The van der Waals surface area contributed by atoms with Crippen molar-refractivity contribution >= 4 is 41.0 Å². The van der Waals surface area contributed by atoms with Crippen LogP contribution in [0.1, 0.15) is 37.0 Å². The van der Waals surface area contributed by atoms with Crippen LogP contribution in [0.2, 0.25) is 0 Å². The van der Waals surface area contributed by atoms with Gasteiger partial charge in [0.15, 0.2) is 12.4 Å². The molecular formula is C18H20N2O5S. The van der Waals surface area contributed by atoms with Gasteiger partial charge < -0.3 is 15.0 Å². The number of nitrogens with zero attached hydrogens (tertiary/aromatic N) is 1. The standard InChI is InChI=1S/C18H20N2O5S/c1-11(21)19-13-5-3-12(4-6-13)15(22)9-25-17(24)14-10-26-18(2)8-7-16(23)20(14)18/h3-6,14H,7-10H2,1-2H3,(H,19,21)/t14-,18+/m0/s1. The predicted molar refractivity (Wildman–Crippen MR) is 96.8 cm³/mol. The molecule has 7 nitrogen and oxygen atoms in total. The van der Waals surface area contributed by atoms with Gasteiger partial charge in [-0.2, -0.15) is 0 Å². The Morgan fingerprint density at radius 2 is 2.00 bits per heavy atom. The Bertz CT molecular complexity index is 763. The van der Waals surface area contributed by atoms with Gasteiger partial charge in [0.1, 0.15) is 6.04 Å². The lowest BCUT2D eigenvalue weighted by Crippen LogP contribution is -2.46. The molecule has 2 amide bonds. The fourth-order valence-corrected chi connectivity index (χ4v) is 4.67. The Morgan fingerprint density at radius 3 is 2.65 bits per heavy atom. The highest BCUT2D eigenvalue weighted by Gasteiger charge is 2.53. The molecule has 0 aromatic heterocycles. The zero-order valence-corrected chi connectivity index (χ0v) is 15.4. The number of nitrogens with one attached hydrogen (secondary N) is 1. The maximum absolute atomic E-state index is 12.4. The monoisotopic (exact) mass is 376 g/mol. The summed E-state index contributed by atoms with van der Waals surface area (Å²) in [5.41, 5.74) is 0.968. The Kier molecular flexibility index (Phi) is 5.04. The van der Waals surface area contributed by atoms with E-state index < -0.39 is 12.0 Å². The summed E-state index contributed by atoms with van der Waals surface area (Å²) in [5.74, 6) is -0.635. The fraction of sp³-hybridized carbons (Fsp3) is 0.444. The zero-order valence-electron chi connectivity index (χ0n) is 14.6. The molecule has 138 valence electrons. The molecule has 1 aromatic rings. The van der Waals surface area contributed by atoms with Crippen LogP contribution in [0.3, 0.4) is 0 Å².